The monoisotopic (exact) mass is 810 g/mol. The zero-order chi connectivity index (χ0) is 40.9. The van der Waals surface area contributed by atoms with Crippen LogP contribution in [0, 0.1) is 0 Å². The normalized spacial score (nSPS) is 20.0. The number of hydrogen-bond donors (Lipinski definition) is 1. The Morgan fingerprint density at radius 2 is 1.68 bits per heavy atom. The quantitative estimate of drug-likeness (QED) is 0.131. The molecule has 0 bridgehead atoms. The first-order valence-electron chi connectivity index (χ1n) is 18.4. The number of unbranched alkanes of at least 4 members (excludes halogenated alkanes) is 1. The molecule has 2 saturated heterocycles. The second-order valence-electron chi connectivity index (χ2n) is 14.2. The van der Waals surface area contributed by atoms with Crippen LogP contribution in [0.4, 0.5) is 26.3 Å². The number of pyridine rings is 1. The van der Waals surface area contributed by atoms with Gasteiger partial charge in [-0.25, -0.2) is 0 Å². The fourth-order valence-electron chi connectivity index (χ4n) is 7.73. The minimum atomic E-state index is -4.93. The number of piperidine rings is 2. The number of rotatable bonds is 14. The molecule has 1 aromatic carbocycles. The number of ketones is 1. The smallest absolute Gasteiger partial charge is 0.425 e. The Labute approximate surface area is 324 Å². The summed E-state index contributed by atoms with van der Waals surface area (Å²) in [6.45, 7) is 3.35. The van der Waals surface area contributed by atoms with E-state index in [0.29, 0.717) is 48.3 Å². The molecule has 4 heterocycles. The summed E-state index contributed by atoms with van der Waals surface area (Å²) >= 11 is 0.357. The van der Waals surface area contributed by atoms with Gasteiger partial charge in [-0.3, -0.25) is 19.4 Å². The summed E-state index contributed by atoms with van der Waals surface area (Å²) in [7, 11) is 0. The average molecular weight is 811 g/mol. The number of amides is 3. The Morgan fingerprint density at radius 3 is 2.30 bits per heavy atom. The summed E-state index contributed by atoms with van der Waals surface area (Å²) < 4.78 is 95.8. The predicted molar refractivity (Wildman–Crippen MR) is 194 cm³/mol. The first-order chi connectivity index (χ1) is 26.4. The number of alkyl halides is 6. The van der Waals surface area contributed by atoms with E-state index in [1.165, 1.54) is 11.8 Å². The number of hydrogen-bond acceptors (Lipinski definition) is 8. The number of nitrogens with two attached hydrogens (primary N) is 1. The van der Waals surface area contributed by atoms with Gasteiger partial charge < -0.3 is 29.8 Å². The van der Waals surface area contributed by atoms with Crippen molar-refractivity contribution in [3.8, 4) is 11.5 Å². The van der Waals surface area contributed by atoms with E-state index < -0.39 is 63.3 Å². The molecule has 56 heavy (non-hydrogen) atoms. The van der Waals surface area contributed by atoms with Crippen molar-refractivity contribution in [1.82, 2.24) is 14.8 Å². The summed E-state index contributed by atoms with van der Waals surface area (Å²) in [5, 5.41) is 1.10. The highest BCUT2D eigenvalue weighted by Crippen LogP contribution is 2.45. The predicted octanol–water partition coefficient (Wildman–Crippen LogP) is 7.59. The van der Waals surface area contributed by atoms with Crippen LogP contribution in [0.3, 0.4) is 0 Å². The van der Waals surface area contributed by atoms with E-state index >= 15 is 4.79 Å². The van der Waals surface area contributed by atoms with Crippen molar-refractivity contribution in [2.45, 2.75) is 101 Å². The van der Waals surface area contributed by atoms with Crippen LogP contribution < -0.4 is 15.2 Å². The molecule has 2 aliphatic heterocycles. The van der Waals surface area contributed by atoms with Gasteiger partial charge in [0.1, 0.15) is 27.9 Å². The van der Waals surface area contributed by atoms with Gasteiger partial charge in [0.15, 0.2) is 0 Å². The number of likely N-dealkylation sites (tertiary alicyclic amines) is 2. The summed E-state index contributed by atoms with van der Waals surface area (Å²) in [5.74, 6) is -2.23. The topological polar surface area (TPSA) is 132 Å². The zero-order valence-electron chi connectivity index (χ0n) is 31.0. The number of carbonyl (C=O) groups excluding carboxylic acids is 4. The van der Waals surface area contributed by atoms with Crippen LogP contribution in [-0.4, -0.2) is 76.2 Å². The Morgan fingerprint density at radius 1 is 0.964 bits per heavy atom. The first kappa shape index (κ1) is 42.5. The molecule has 2 N–H and O–H groups in total. The molecular weight excluding hydrogens is 767 g/mol. The molecule has 0 unspecified atom stereocenters. The van der Waals surface area contributed by atoms with Gasteiger partial charge in [0, 0.05) is 55.7 Å². The molecule has 2 fully saturated rings. The van der Waals surface area contributed by atoms with Gasteiger partial charge in [-0.2, -0.15) is 26.3 Å². The number of halogens is 6. The van der Waals surface area contributed by atoms with Crippen molar-refractivity contribution in [1.29, 1.82) is 0 Å². The van der Waals surface area contributed by atoms with E-state index in [0.717, 1.165) is 34.7 Å². The molecule has 0 saturated carbocycles. The van der Waals surface area contributed by atoms with Crippen molar-refractivity contribution in [3.05, 3.63) is 75.7 Å². The van der Waals surface area contributed by atoms with Crippen LogP contribution >= 0.6 is 11.3 Å². The second-order valence-corrected chi connectivity index (χ2v) is 15.1. The summed E-state index contributed by atoms with van der Waals surface area (Å²) in [6.07, 6.45) is -6.51. The lowest BCUT2D eigenvalue weighted by atomic mass is 9.71. The maximum absolute atomic E-state index is 15.0. The fraction of sp³-hybridized carbons (Fsp3) is 0.513. The molecule has 3 aromatic rings. The zero-order valence-corrected chi connectivity index (χ0v) is 31.8. The lowest BCUT2D eigenvalue weighted by Gasteiger charge is -2.51. The average Bonchev–Trinajstić information content (AvgIpc) is 3.64. The molecule has 3 amide bonds. The summed E-state index contributed by atoms with van der Waals surface area (Å²) in [6, 6.07) is 8.23. The third-order valence-electron chi connectivity index (χ3n) is 10.5. The number of Topliss-reactive ketones (excluding diaryl/α,β-unsaturated/α-hetero) is 1. The maximum Gasteiger partial charge on any atom is 0.425 e. The van der Waals surface area contributed by atoms with Crippen molar-refractivity contribution < 1.29 is 55.0 Å². The number of aromatic nitrogens is 1. The molecule has 2 atom stereocenters. The summed E-state index contributed by atoms with van der Waals surface area (Å²) in [5.41, 5.74) is 1.15. The van der Waals surface area contributed by atoms with E-state index in [1.54, 1.807) is 31.2 Å². The van der Waals surface area contributed by atoms with Crippen LogP contribution in [0.5, 0.6) is 11.5 Å². The van der Waals surface area contributed by atoms with Crippen LogP contribution in [-0.2, 0) is 32.2 Å². The SMILES string of the molecule is CCC[C@H]1N(C(=O)c2ncccc2C(F)(F)F)CCC[C@@]1(Oc1csc(C(F)(F)F)c1)C(=O)N1CCC(C(N)=O)(c2ccccc2OCCCCC(C)=O)CC1. The van der Waals surface area contributed by atoms with Gasteiger partial charge >= 0.3 is 12.4 Å². The van der Waals surface area contributed by atoms with Crippen LogP contribution in [0.1, 0.15) is 98.1 Å². The highest BCUT2D eigenvalue weighted by atomic mass is 32.1. The van der Waals surface area contributed by atoms with Gasteiger partial charge in [-0.1, -0.05) is 31.5 Å². The van der Waals surface area contributed by atoms with E-state index in [4.69, 9.17) is 15.2 Å². The Hall–Kier alpha value is -4.67. The first-order valence-corrected chi connectivity index (χ1v) is 19.3. The van der Waals surface area contributed by atoms with Gasteiger partial charge in [0.25, 0.3) is 11.8 Å². The van der Waals surface area contributed by atoms with Crippen LogP contribution in [0.25, 0.3) is 0 Å². The van der Waals surface area contributed by atoms with Gasteiger partial charge in [0.2, 0.25) is 11.5 Å². The van der Waals surface area contributed by atoms with Gasteiger partial charge in [-0.05, 0) is 63.6 Å². The Kier molecular flexibility index (Phi) is 13.1. The maximum atomic E-state index is 15.0. The fourth-order valence-corrected chi connectivity index (χ4v) is 8.41. The molecular formula is C39H44F6N4O6S. The lowest BCUT2D eigenvalue weighted by Crippen LogP contribution is -2.69. The third-order valence-corrected chi connectivity index (χ3v) is 11.4. The standard InChI is InChI=1S/C39H44F6N4O6S/c1-3-10-30-37(55-26-23-31(56-24-26)39(43,44)45,15-9-19-49(30)33(51)32-28(38(40,41)42)13-8-18-47-32)35(53)48-20-16-36(17-21-48,34(46)52)27-12-4-5-14-29(27)54-22-7-6-11-25(2)50/h4-5,8,12-14,18,23-24,30H,3,6-7,9-11,15-17,19-22H2,1-2H3,(H2,46,52)/t30-,37+/m1/s1. The molecule has 17 heteroatoms. The molecule has 10 nitrogen and oxygen atoms in total. The number of carbonyl (C=O) groups is 4. The second kappa shape index (κ2) is 17.2. The molecule has 5 rings (SSSR count). The number of benzene rings is 1. The van der Waals surface area contributed by atoms with Crippen LogP contribution in [0.2, 0.25) is 0 Å². The highest BCUT2D eigenvalue weighted by molar-refractivity contribution is 7.10. The van der Waals surface area contributed by atoms with E-state index in [9.17, 15) is 40.7 Å². The molecule has 2 aliphatic rings. The minimum absolute atomic E-state index is 0.0372. The molecule has 0 aliphatic carbocycles. The Balaban J connectivity index is 1.50. The van der Waals surface area contributed by atoms with E-state index in [1.807, 2.05) is 0 Å². The largest absolute Gasteiger partial charge is 0.493 e. The highest BCUT2D eigenvalue weighted by Gasteiger charge is 2.57. The summed E-state index contributed by atoms with van der Waals surface area (Å²) in [4.78, 5) is 59.1. The third kappa shape index (κ3) is 8.97. The van der Waals surface area contributed by atoms with Crippen molar-refractivity contribution in [2.24, 2.45) is 5.73 Å². The lowest BCUT2D eigenvalue weighted by molar-refractivity contribution is -0.161. The minimum Gasteiger partial charge on any atom is -0.493 e. The number of para-hydroxylation sites is 1. The van der Waals surface area contributed by atoms with Gasteiger partial charge in [-0.15, -0.1) is 11.3 Å². The van der Waals surface area contributed by atoms with Crippen molar-refractivity contribution in [2.75, 3.05) is 26.2 Å². The molecule has 0 spiro atoms. The van der Waals surface area contributed by atoms with Gasteiger partial charge in [0.05, 0.1) is 23.6 Å². The Bertz CT molecular complexity index is 1890. The van der Waals surface area contributed by atoms with E-state index in [2.05, 4.69) is 4.98 Å². The van der Waals surface area contributed by atoms with Crippen molar-refractivity contribution >= 4 is 34.8 Å². The number of primary amides is 1. The molecule has 2 aromatic heterocycles. The van der Waals surface area contributed by atoms with E-state index in [-0.39, 0.29) is 69.9 Å². The molecule has 0 radical (unpaired) electrons. The number of ether oxygens (including phenoxy) is 2. The molecule has 304 valence electrons. The number of thiophene rings is 1. The number of nitrogens with zero attached hydrogens (tertiary/aromatic N) is 3. The van der Waals surface area contributed by atoms with Crippen molar-refractivity contribution in [3.63, 3.8) is 0 Å². The van der Waals surface area contributed by atoms with Crippen LogP contribution in [0.15, 0.2) is 54.0 Å².